The molecule has 0 aliphatic rings. The minimum Gasteiger partial charge on any atom is -0.382 e. The first-order valence-electron chi connectivity index (χ1n) is 6.38. The second-order valence-electron chi connectivity index (χ2n) is 4.64. The molecular weight excluding hydrogens is 321 g/mol. The number of nitrogens with one attached hydrogen (secondary N) is 1. The van der Waals surface area contributed by atoms with Gasteiger partial charge in [-0.05, 0) is 46.1 Å². The van der Waals surface area contributed by atoms with Gasteiger partial charge >= 0.3 is 0 Å². The Hall–Kier alpha value is -1.39. The molecule has 0 aliphatic heterocycles. The number of halogens is 2. The largest absolute Gasteiger partial charge is 0.382 e. The molecule has 2 aromatic rings. The second-order valence-corrected chi connectivity index (χ2v) is 5.50. The van der Waals surface area contributed by atoms with Gasteiger partial charge in [0, 0.05) is 12.8 Å². The van der Waals surface area contributed by atoms with Gasteiger partial charge in [-0.15, -0.1) is 0 Å². The Morgan fingerprint density at radius 1 is 1.25 bits per heavy atom. The highest BCUT2D eigenvalue weighted by Crippen LogP contribution is 2.27. The van der Waals surface area contributed by atoms with E-state index in [9.17, 15) is 4.39 Å². The van der Waals surface area contributed by atoms with Crippen LogP contribution in [0.1, 0.15) is 17.2 Å². The lowest BCUT2D eigenvalue weighted by Gasteiger charge is -2.21. The van der Waals surface area contributed by atoms with Crippen LogP contribution < -0.4 is 5.32 Å². The van der Waals surface area contributed by atoms with Crippen molar-refractivity contribution in [1.29, 1.82) is 0 Å². The van der Waals surface area contributed by atoms with Crippen molar-refractivity contribution in [3.8, 4) is 0 Å². The summed E-state index contributed by atoms with van der Waals surface area (Å²) in [6, 6.07) is 13.3. The zero-order valence-electron chi connectivity index (χ0n) is 11.5. The van der Waals surface area contributed by atoms with Gasteiger partial charge in [-0.25, -0.2) is 4.39 Å². The summed E-state index contributed by atoms with van der Waals surface area (Å²) in [4.78, 5) is 0. The van der Waals surface area contributed by atoms with Crippen LogP contribution in [-0.4, -0.2) is 13.7 Å². The van der Waals surface area contributed by atoms with Crippen LogP contribution in [0.3, 0.4) is 0 Å². The molecule has 2 rings (SSSR count). The lowest BCUT2D eigenvalue weighted by Crippen LogP contribution is -2.17. The van der Waals surface area contributed by atoms with Crippen molar-refractivity contribution < 1.29 is 9.13 Å². The first-order valence-corrected chi connectivity index (χ1v) is 7.17. The van der Waals surface area contributed by atoms with Crippen LogP contribution in [0, 0.1) is 12.7 Å². The fourth-order valence-corrected chi connectivity index (χ4v) is 2.52. The molecule has 4 heteroatoms. The predicted molar refractivity (Wildman–Crippen MR) is 83.5 cm³/mol. The maximum atomic E-state index is 13.7. The van der Waals surface area contributed by atoms with Crippen molar-refractivity contribution in [2.45, 2.75) is 13.0 Å². The third kappa shape index (κ3) is 3.58. The maximum absolute atomic E-state index is 13.7. The summed E-state index contributed by atoms with van der Waals surface area (Å²) in [5.74, 6) is -0.276. The average Bonchev–Trinajstić information content (AvgIpc) is 2.45. The van der Waals surface area contributed by atoms with Crippen molar-refractivity contribution >= 4 is 21.6 Å². The summed E-state index contributed by atoms with van der Waals surface area (Å²) >= 11 is 3.19. The Labute approximate surface area is 127 Å². The van der Waals surface area contributed by atoms with Crippen molar-refractivity contribution in [2.75, 3.05) is 19.0 Å². The molecule has 0 radical (unpaired) electrons. The van der Waals surface area contributed by atoms with Gasteiger partial charge in [-0.1, -0.05) is 30.3 Å². The van der Waals surface area contributed by atoms with Crippen LogP contribution in [0.2, 0.25) is 0 Å². The maximum Gasteiger partial charge on any atom is 0.139 e. The molecule has 1 unspecified atom stereocenters. The molecular formula is C16H17BrFNO. The zero-order valence-corrected chi connectivity index (χ0v) is 13.1. The summed E-state index contributed by atoms with van der Waals surface area (Å²) in [5.41, 5.74) is 2.86. The molecule has 0 saturated carbocycles. The van der Waals surface area contributed by atoms with E-state index in [2.05, 4.69) is 21.2 Å². The van der Waals surface area contributed by atoms with Gasteiger partial charge in [0.15, 0.2) is 0 Å². The van der Waals surface area contributed by atoms with Crippen molar-refractivity contribution in [1.82, 2.24) is 0 Å². The molecule has 2 aromatic carbocycles. The molecule has 0 amide bonds. The Morgan fingerprint density at radius 3 is 2.60 bits per heavy atom. The first kappa shape index (κ1) is 15.0. The fraction of sp³-hybridized carbons (Fsp3) is 0.250. The lowest BCUT2D eigenvalue weighted by molar-refractivity contribution is 0.186. The molecule has 0 saturated heterocycles. The standard InChI is InChI=1S/C16H17BrFNO/c1-11-8-13(17)14(18)9-15(11)19-16(10-20-2)12-6-4-3-5-7-12/h3-9,16,19H,10H2,1-2H3. The number of hydrogen-bond acceptors (Lipinski definition) is 2. The molecule has 106 valence electrons. The summed E-state index contributed by atoms with van der Waals surface area (Å²) < 4.78 is 19.4. The van der Waals surface area contributed by atoms with Gasteiger partial charge in [0.1, 0.15) is 5.82 Å². The summed E-state index contributed by atoms with van der Waals surface area (Å²) in [5, 5.41) is 3.35. The Kier molecular flexibility index (Phi) is 5.15. The van der Waals surface area contributed by atoms with E-state index in [1.165, 1.54) is 6.07 Å². The first-order chi connectivity index (χ1) is 9.61. The molecule has 0 spiro atoms. The van der Waals surface area contributed by atoms with E-state index in [0.717, 1.165) is 16.8 Å². The van der Waals surface area contributed by atoms with Gasteiger partial charge < -0.3 is 10.1 Å². The van der Waals surface area contributed by atoms with E-state index in [1.807, 2.05) is 37.3 Å². The van der Waals surface area contributed by atoms with Gasteiger partial charge in [-0.2, -0.15) is 0 Å². The molecule has 0 fully saturated rings. The second kappa shape index (κ2) is 6.86. The highest BCUT2D eigenvalue weighted by Gasteiger charge is 2.13. The zero-order chi connectivity index (χ0) is 14.5. The lowest BCUT2D eigenvalue weighted by atomic mass is 10.1. The number of anilines is 1. The van der Waals surface area contributed by atoms with E-state index >= 15 is 0 Å². The minimum atomic E-state index is -0.276. The summed E-state index contributed by atoms with van der Waals surface area (Å²) in [7, 11) is 1.66. The van der Waals surface area contributed by atoms with Gasteiger partial charge in [-0.3, -0.25) is 0 Å². The number of methoxy groups -OCH3 is 1. The topological polar surface area (TPSA) is 21.3 Å². The van der Waals surface area contributed by atoms with Gasteiger partial charge in [0.25, 0.3) is 0 Å². The van der Waals surface area contributed by atoms with E-state index in [-0.39, 0.29) is 11.9 Å². The van der Waals surface area contributed by atoms with E-state index in [0.29, 0.717) is 11.1 Å². The highest BCUT2D eigenvalue weighted by atomic mass is 79.9. The number of hydrogen-bond donors (Lipinski definition) is 1. The van der Waals surface area contributed by atoms with Crippen molar-refractivity contribution in [2.24, 2.45) is 0 Å². The third-order valence-electron chi connectivity index (χ3n) is 3.13. The minimum absolute atomic E-state index is 0.0134. The number of rotatable bonds is 5. The molecule has 0 heterocycles. The molecule has 2 nitrogen and oxygen atoms in total. The number of aryl methyl sites for hydroxylation is 1. The molecule has 0 bridgehead atoms. The van der Waals surface area contributed by atoms with Crippen LogP contribution in [0.5, 0.6) is 0 Å². The Bertz CT molecular complexity index is 574. The van der Waals surface area contributed by atoms with Crippen molar-refractivity contribution in [3.63, 3.8) is 0 Å². The molecule has 20 heavy (non-hydrogen) atoms. The van der Waals surface area contributed by atoms with Crippen LogP contribution in [0.4, 0.5) is 10.1 Å². The van der Waals surface area contributed by atoms with Crippen LogP contribution in [-0.2, 0) is 4.74 Å². The third-order valence-corrected chi connectivity index (χ3v) is 3.74. The van der Waals surface area contributed by atoms with Crippen molar-refractivity contribution in [3.05, 3.63) is 63.9 Å². The molecule has 0 aliphatic carbocycles. The monoisotopic (exact) mass is 337 g/mol. The number of ether oxygens (including phenoxy) is 1. The normalized spacial score (nSPS) is 12.2. The predicted octanol–water partition coefficient (Wildman–Crippen LogP) is 4.70. The van der Waals surface area contributed by atoms with Crippen LogP contribution >= 0.6 is 15.9 Å². The van der Waals surface area contributed by atoms with Crippen LogP contribution in [0.25, 0.3) is 0 Å². The molecule has 0 aromatic heterocycles. The van der Waals surface area contributed by atoms with E-state index < -0.39 is 0 Å². The Morgan fingerprint density at radius 2 is 1.95 bits per heavy atom. The SMILES string of the molecule is COCC(Nc1cc(F)c(Br)cc1C)c1ccccc1. The summed E-state index contributed by atoms with van der Waals surface area (Å²) in [6.45, 7) is 2.46. The van der Waals surface area contributed by atoms with Crippen LogP contribution in [0.15, 0.2) is 46.9 Å². The average molecular weight is 338 g/mol. The quantitative estimate of drug-likeness (QED) is 0.854. The summed E-state index contributed by atoms with van der Waals surface area (Å²) in [6.07, 6.45) is 0. The highest BCUT2D eigenvalue weighted by molar-refractivity contribution is 9.10. The Balaban J connectivity index is 2.27. The molecule has 1 N–H and O–H groups in total. The van der Waals surface area contributed by atoms with Gasteiger partial charge in [0.05, 0.1) is 17.1 Å². The fourth-order valence-electron chi connectivity index (χ4n) is 2.06. The van der Waals surface area contributed by atoms with E-state index in [1.54, 1.807) is 13.2 Å². The smallest absolute Gasteiger partial charge is 0.139 e. The number of benzene rings is 2. The van der Waals surface area contributed by atoms with E-state index in [4.69, 9.17) is 4.74 Å². The van der Waals surface area contributed by atoms with Gasteiger partial charge in [0.2, 0.25) is 0 Å². The molecule has 1 atom stereocenters.